The van der Waals surface area contributed by atoms with Crippen LogP contribution in [0.4, 0.5) is 5.69 Å². The molecule has 0 saturated carbocycles. The van der Waals surface area contributed by atoms with E-state index >= 15 is 0 Å². The van der Waals surface area contributed by atoms with Gasteiger partial charge in [0.2, 0.25) is 0 Å². The van der Waals surface area contributed by atoms with Gasteiger partial charge in [-0.25, -0.2) is 0 Å². The number of nitrogens with one attached hydrogen (secondary N) is 2. The Balaban J connectivity index is 1.79. The highest BCUT2D eigenvalue weighted by Gasteiger charge is 2.08. The fraction of sp³-hybridized carbons (Fsp3) is 0.300. The molecule has 0 atom stereocenters. The Morgan fingerprint density at radius 2 is 1.73 bits per heavy atom. The van der Waals surface area contributed by atoms with Crippen LogP contribution in [0.5, 0.6) is 11.5 Å². The first kappa shape index (κ1) is 19.7. The average molecular weight is 372 g/mol. The third-order valence-corrected chi connectivity index (χ3v) is 3.94. The molecule has 0 unspecified atom stereocenters. The van der Waals surface area contributed by atoms with Crippen LogP contribution >= 0.6 is 12.2 Å². The van der Waals surface area contributed by atoms with Crippen LogP contribution in [0.25, 0.3) is 0 Å². The molecule has 138 valence electrons. The fourth-order valence-electron chi connectivity index (χ4n) is 2.30. The summed E-state index contributed by atoms with van der Waals surface area (Å²) >= 11 is 5.13. The summed E-state index contributed by atoms with van der Waals surface area (Å²) in [6.07, 6.45) is 4.63. The smallest absolute Gasteiger partial charge is 0.257 e. The number of anilines is 1. The van der Waals surface area contributed by atoms with Gasteiger partial charge >= 0.3 is 0 Å². The minimum atomic E-state index is -0.296. The Bertz CT molecular complexity index is 715. The van der Waals surface area contributed by atoms with E-state index in [4.69, 9.17) is 17.0 Å². The highest BCUT2D eigenvalue weighted by molar-refractivity contribution is 7.80. The number of aromatic hydroxyl groups is 1. The number of ether oxygens (including phenoxy) is 1. The molecule has 0 radical (unpaired) electrons. The summed E-state index contributed by atoms with van der Waals surface area (Å²) < 4.78 is 5.67. The summed E-state index contributed by atoms with van der Waals surface area (Å²) in [5, 5.41) is 15.0. The van der Waals surface area contributed by atoms with Crippen LogP contribution in [0.2, 0.25) is 0 Å². The number of phenols is 1. The van der Waals surface area contributed by atoms with Crippen molar-refractivity contribution in [2.24, 2.45) is 0 Å². The maximum Gasteiger partial charge on any atom is 0.257 e. The van der Waals surface area contributed by atoms with Crippen LogP contribution in [-0.2, 0) is 0 Å². The van der Waals surface area contributed by atoms with Gasteiger partial charge in [-0.3, -0.25) is 10.1 Å². The molecule has 0 aliphatic rings. The Morgan fingerprint density at radius 1 is 1.04 bits per heavy atom. The highest BCUT2D eigenvalue weighted by Crippen LogP contribution is 2.15. The summed E-state index contributed by atoms with van der Waals surface area (Å²) in [7, 11) is 0. The van der Waals surface area contributed by atoms with Gasteiger partial charge in [0.25, 0.3) is 5.91 Å². The van der Waals surface area contributed by atoms with E-state index in [1.807, 2.05) is 0 Å². The van der Waals surface area contributed by atoms with Crippen LogP contribution < -0.4 is 15.4 Å². The number of carbonyl (C=O) groups excluding carboxylic acids is 1. The van der Waals surface area contributed by atoms with Gasteiger partial charge in [0.05, 0.1) is 6.61 Å². The van der Waals surface area contributed by atoms with Gasteiger partial charge in [-0.05, 0) is 67.2 Å². The van der Waals surface area contributed by atoms with E-state index < -0.39 is 0 Å². The van der Waals surface area contributed by atoms with Crippen LogP contribution in [0.1, 0.15) is 43.0 Å². The minimum Gasteiger partial charge on any atom is -0.508 e. The number of rotatable bonds is 8. The van der Waals surface area contributed by atoms with Crippen molar-refractivity contribution in [2.45, 2.75) is 32.6 Å². The third kappa shape index (κ3) is 6.72. The molecule has 0 bridgehead atoms. The summed E-state index contributed by atoms with van der Waals surface area (Å²) in [6.45, 7) is 2.86. The van der Waals surface area contributed by atoms with Crippen molar-refractivity contribution in [1.29, 1.82) is 0 Å². The van der Waals surface area contributed by atoms with E-state index in [9.17, 15) is 9.90 Å². The predicted octanol–water partition coefficient (Wildman–Crippen LogP) is 4.48. The lowest BCUT2D eigenvalue weighted by Crippen LogP contribution is -2.34. The molecule has 0 aliphatic carbocycles. The monoisotopic (exact) mass is 372 g/mol. The molecule has 0 aromatic heterocycles. The zero-order valence-electron chi connectivity index (χ0n) is 14.8. The lowest BCUT2D eigenvalue weighted by molar-refractivity contribution is 0.0977. The van der Waals surface area contributed by atoms with Crippen molar-refractivity contribution >= 4 is 28.9 Å². The first-order valence-corrected chi connectivity index (χ1v) is 9.13. The molecule has 0 aliphatic heterocycles. The summed E-state index contributed by atoms with van der Waals surface area (Å²) in [6, 6.07) is 13.4. The zero-order chi connectivity index (χ0) is 18.8. The molecule has 2 rings (SSSR count). The molecular weight excluding hydrogens is 348 g/mol. The second kappa shape index (κ2) is 10.4. The van der Waals surface area contributed by atoms with Gasteiger partial charge in [-0.1, -0.05) is 26.2 Å². The number of phenolic OH excluding ortho intramolecular Hbond substituents is 1. The predicted molar refractivity (Wildman–Crippen MR) is 108 cm³/mol. The van der Waals surface area contributed by atoms with E-state index in [0.717, 1.165) is 12.2 Å². The molecule has 0 heterocycles. The van der Waals surface area contributed by atoms with Crippen LogP contribution in [0, 0.1) is 0 Å². The van der Waals surface area contributed by atoms with Gasteiger partial charge in [-0.15, -0.1) is 0 Å². The van der Waals surface area contributed by atoms with E-state index in [-0.39, 0.29) is 16.8 Å². The van der Waals surface area contributed by atoms with E-state index in [2.05, 4.69) is 17.6 Å². The van der Waals surface area contributed by atoms with Gasteiger partial charge in [-0.2, -0.15) is 0 Å². The molecule has 2 aromatic carbocycles. The maximum atomic E-state index is 12.2. The number of hydrogen-bond acceptors (Lipinski definition) is 4. The number of hydrogen-bond donors (Lipinski definition) is 3. The SMILES string of the molecule is CCCCCCOc1ccc(C(=O)NC(=S)Nc2ccc(O)cc2)cc1. The second-order valence-corrected chi connectivity index (χ2v) is 6.30. The first-order chi connectivity index (χ1) is 12.6. The number of unbranched alkanes of at least 4 members (excludes halogenated alkanes) is 3. The van der Waals surface area contributed by atoms with Gasteiger partial charge < -0.3 is 15.2 Å². The molecule has 2 aromatic rings. The topological polar surface area (TPSA) is 70.6 Å². The lowest BCUT2D eigenvalue weighted by Gasteiger charge is -2.10. The third-order valence-electron chi connectivity index (χ3n) is 3.74. The van der Waals surface area contributed by atoms with Crippen molar-refractivity contribution < 1.29 is 14.6 Å². The number of amides is 1. The quantitative estimate of drug-likeness (QED) is 0.362. The normalized spacial score (nSPS) is 10.2. The zero-order valence-corrected chi connectivity index (χ0v) is 15.6. The average Bonchev–Trinajstić information content (AvgIpc) is 2.64. The highest BCUT2D eigenvalue weighted by atomic mass is 32.1. The van der Waals surface area contributed by atoms with Crippen molar-refractivity contribution in [3.8, 4) is 11.5 Å². The number of benzene rings is 2. The molecule has 3 N–H and O–H groups in total. The summed E-state index contributed by atoms with van der Waals surface area (Å²) in [5.74, 6) is 0.622. The van der Waals surface area contributed by atoms with Crippen molar-refractivity contribution in [3.63, 3.8) is 0 Å². The molecule has 6 heteroatoms. The molecule has 0 fully saturated rings. The van der Waals surface area contributed by atoms with Crippen LogP contribution in [0.15, 0.2) is 48.5 Å². The maximum absolute atomic E-state index is 12.2. The number of thiocarbonyl (C=S) groups is 1. The number of carbonyl (C=O) groups is 1. The molecule has 0 spiro atoms. The molecule has 0 saturated heterocycles. The minimum absolute atomic E-state index is 0.165. The van der Waals surface area contributed by atoms with Crippen LogP contribution in [-0.4, -0.2) is 22.7 Å². The summed E-state index contributed by atoms with van der Waals surface area (Å²) in [4.78, 5) is 12.2. The largest absolute Gasteiger partial charge is 0.508 e. The summed E-state index contributed by atoms with van der Waals surface area (Å²) in [5.41, 5.74) is 1.18. The van der Waals surface area contributed by atoms with E-state index in [0.29, 0.717) is 17.9 Å². The molecule has 5 nitrogen and oxygen atoms in total. The van der Waals surface area contributed by atoms with Gasteiger partial charge in [0.1, 0.15) is 11.5 Å². The second-order valence-electron chi connectivity index (χ2n) is 5.89. The Kier molecular flexibility index (Phi) is 7.89. The van der Waals surface area contributed by atoms with E-state index in [1.54, 1.807) is 36.4 Å². The van der Waals surface area contributed by atoms with Crippen molar-refractivity contribution in [2.75, 3.05) is 11.9 Å². The van der Waals surface area contributed by atoms with Gasteiger partial charge in [0, 0.05) is 11.3 Å². The van der Waals surface area contributed by atoms with Gasteiger partial charge in [0.15, 0.2) is 5.11 Å². The van der Waals surface area contributed by atoms with Crippen molar-refractivity contribution in [1.82, 2.24) is 5.32 Å². The standard InChI is InChI=1S/C20H24N2O3S/c1-2-3-4-5-14-25-18-12-6-15(7-13-18)19(24)22-20(26)21-16-8-10-17(23)11-9-16/h6-13,23H,2-5,14H2,1H3,(H2,21,22,24,26). The molecule has 1 amide bonds. The Morgan fingerprint density at radius 3 is 2.38 bits per heavy atom. The Hall–Kier alpha value is -2.60. The van der Waals surface area contributed by atoms with E-state index in [1.165, 1.54) is 31.4 Å². The Labute approximate surface area is 159 Å². The molecular formula is C20H24N2O3S. The van der Waals surface area contributed by atoms with Crippen molar-refractivity contribution in [3.05, 3.63) is 54.1 Å². The fourth-order valence-corrected chi connectivity index (χ4v) is 2.51. The van der Waals surface area contributed by atoms with Crippen LogP contribution in [0.3, 0.4) is 0 Å². The molecule has 26 heavy (non-hydrogen) atoms. The first-order valence-electron chi connectivity index (χ1n) is 8.72. The lowest BCUT2D eigenvalue weighted by atomic mass is 10.2.